The van der Waals surface area contributed by atoms with E-state index < -0.39 is 0 Å². The minimum absolute atomic E-state index is 0.0282. The van der Waals surface area contributed by atoms with Crippen LogP contribution >= 0.6 is 11.6 Å². The average Bonchev–Trinajstić information content (AvgIpc) is 2.60. The predicted molar refractivity (Wildman–Crippen MR) is 94.9 cm³/mol. The average molecular weight is 353 g/mol. The number of hydrogen-bond donors (Lipinski definition) is 3. The smallest absolute Gasteiger partial charge is 0.315 e. The molecule has 1 fully saturated rings. The Hall–Kier alpha value is -1.79. The molecule has 6 nitrogen and oxygen atoms in total. The highest BCUT2D eigenvalue weighted by Crippen LogP contribution is 2.16. The fourth-order valence-electron chi connectivity index (χ4n) is 2.79. The molecule has 1 heterocycles. The Labute approximate surface area is 147 Å². The van der Waals surface area contributed by atoms with Crippen LogP contribution in [0, 0.1) is 5.92 Å². The molecule has 1 aliphatic rings. The summed E-state index contributed by atoms with van der Waals surface area (Å²) in [5.41, 5.74) is 0.951. The number of nitrogens with zero attached hydrogens (tertiary/aromatic N) is 1. The van der Waals surface area contributed by atoms with E-state index in [0.717, 1.165) is 38.0 Å². The molecule has 1 aliphatic heterocycles. The van der Waals surface area contributed by atoms with Crippen molar-refractivity contribution >= 4 is 23.5 Å². The first-order valence-corrected chi connectivity index (χ1v) is 8.65. The second-order valence-corrected chi connectivity index (χ2v) is 6.48. The molecule has 0 spiro atoms. The van der Waals surface area contributed by atoms with Crippen molar-refractivity contribution in [2.24, 2.45) is 5.92 Å². The van der Waals surface area contributed by atoms with E-state index in [4.69, 9.17) is 11.6 Å². The molecule has 0 radical (unpaired) electrons. The lowest BCUT2D eigenvalue weighted by Crippen LogP contribution is -2.46. The Kier molecular flexibility index (Phi) is 7.34. The first-order valence-electron chi connectivity index (χ1n) is 8.27. The zero-order valence-corrected chi connectivity index (χ0v) is 14.7. The lowest BCUT2D eigenvalue weighted by Gasteiger charge is -2.32. The van der Waals surface area contributed by atoms with E-state index >= 15 is 0 Å². The molecule has 7 heteroatoms. The molecular weight excluding hydrogens is 328 g/mol. The summed E-state index contributed by atoms with van der Waals surface area (Å²) >= 11 is 5.81. The number of hydrogen-bond acceptors (Lipinski definition) is 3. The van der Waals surface area contributed by atoms with Crippen molar-refractivity contribution in [3.05, 3.63) is 34.9 Å². The molecule has 0 aliphatic carbocycles. The van der Waals surface area contributed by atoms with Crippen LogP contribution in [0.1, 0.15) is 18.4 Å². The first-order chi connectivity index (χ1) is 11.6. The Morgan fingerprint density at radius 1 is 1.17 bits per heavy atom. The van der Waals surface area contributed by atoms with Crippen LogP contribution in [0.2, 0.25) is 5.02 Å². The zero-order chi connectivity index (χ0) is 17.4. The number of rotatable bonds is 6. The van der Waals surface area contributed by atoms with Crippen molar-refractivity contribution in [2.45, 2.75) is 19.4 Å². The molecule has 1 aromatic carbocycles. The second kappa shape index (κ2) is 9.49. The minimum atomic E-state index is -0.344. The molecular formula is C17H25ClN4O2. The quantitative estimate of drug-likeness (QED) is 0.728. The normalized spacial score (nSPS) is 15.2. The first kappa shape index (κ1) is 18.5. The highest BCUT2D eigenvalue weighted by molar-refractivity contribution is 6.30. The topological polar surface area (TPSA) is 73.5 Å². The summed E-state index contributed by atoms with van der Waals surface area (Å²) < 4.78 is 0. The summed E-state index contributed by atoms with van der Waals surface area (Å²) in [4.78, 5) is 25.7. The van der Waals surface area contributed by atoms with Crippen LogP contribution in [-0.4, -0.2) is 50.1 Å². The van der Waals surface area contributed by atoms with Crippen LogP contribution in [0.5, 0.6) is 0 Å². The number of carbonyl (C=O) groups is 2. The fraction of sp³-hybridized carbons (Fsp3) is 0.529. The van der Waals surface area contributed by atoms with Crippen LogP contribution in [0.3, 0.4) is 0 Å². The van der Waals surface area contributed by atoms with E-state index in [1.54, 1.807) is 12.1 Å². The number of urea groups is 1. The third-order valence-electron chi connectivity index (χ3n) is 4.23. The monoisotopic (exact) mass is 352 g/mol. The molecule has 3 N–H and O–H groups in total. The van der Waals surface area contributed by atoms with Crippen molar-refractivity contribution in [3.63, 3.8) is 0 Å². The van der Waals surface area contributed by atoms with Gasteiger partial charge in [0, 0.05) is 24.7 Å². The maximum atomic E-state index is 12.1. The molecule has 0 bridgehead atoms. The van der Waals surface area contributed by atoms with Gasteiger partial charge in [-0.3, -0.25) is 4.79 Å². The van der Waals surface area contributed by atoms with Crippen molar-refractivity contribution in [3.8, 4) is 0 Å². The number of amides is 3. The predicted octanol–water partition coefficient (Wildman–Crippen LogP) is 1.60. The van der Waals surface area contributed by atoms with Gasteiger partial charge in [0.15, 0.2) is 0 Å². The van der Waals surface area contributed by atoms with Crippen molar-refractivity contribution in [1.29, 1.82) is 0 Å². The minimum Gasteiger partial charge on any atom is -0.341 e. The summed E-state index contributed by atoms with van der Waals surface area (Å²) in [6.07, 6.45) is 2.02. The van der Waals surface area contributed by atoms with Crippen LogP contribution in [0.4, 0.5) is 4.79 Å². The maximum Gasteiger partial charge on any atom is 0.315 e. The number of benzene rings is 1. The van der Waals surface area contributed by atoms with Gasteiger partial charge in [-0.2, -0.15) is 0 Å². The van der Waals surface area contributed by atoms with Gasteiger partial charge in [-0.15, -0.1) is 0 Å². The summed E-state index contributed by atoms with van der Waals surface area (Å²) in [7, 11) is 1.95. The Morgan fingerprint density at radius 2 is 1.83 bits per heavy atom. The SMILES string of the molecule is CNCC1CCN(C(=O)CNC(=O)NCc2ccc(Cl)cc2)CC1. The van der Waals surface area contributed by atoms with Gasteiger partial charge in [0.25, 0.3) is 0 Å². The highest BCUT2D eigenvalue weighted by atomic mass is 35.5. The molecule has 3 amide bonds. The van der Waals surface area contributed by atoms with Gasteiger partial charge in [0.1, 0.15) is 0 Å². The van der Waals surface area contributed by atoms with Gasteiger partial charge >= 0.3 is 6.03 Å². The summed E-state index contributed by atoms with van der Waals surface area (Å²) in [5, 5.41) is 9.18. The van der Waals surface area contributed by atoms with Gasteiger partial charge in [-0.25, -0.2) is 4.79 Å². The van der Waals surface area contributed by atoms with Gasteiger partial charge in [0.2, 0.25) is 5.91 Å². The third kappa shape index (κ3) is 6.02. The summed E-state index contributed by atoms with van der Waals surface area (Å²) in [6, 6.07) is 6.91. The van der Waals surface area contributed by atoms with E-state index in [1.807, 2.05) is 24.1 Å². The van der Waals surface area contributed by atoms with Gasteiger partial charge < -0.3 is 20.9 Å². The standard InChI is InChI=1S/C17H25ClN4O2/c1-19-10-14-6-8-22(9-7-14)16(23)12-21-17(24)20-11-13-2-4-15(18)5-3-13/h2-5,14,19H,6-12H2,1H3,(H2,20,21,24). The summed E-state index contributed by atoms with van der Waals surface area (Å²) in [5.74, 6) is 0.606. The number of carbonyl (C=O) groups excluding carboxylic acids is 2. The Balaban J connectivity index is 1.64. The van der Waals surface area contributed by atoms with Crippen molar-refractivity contribution < 1.29 is 9.59 Å². The number of piperidine rings is 1. The maximum absolute atomic E-state index is 12.1. The van der Waals surface area contributed by atoms with E-state index in [1.165, 1.54) is 0 Å². The van der Waals surface area contributed by atoms with E-state index in [9.17, 15) is 9.59 Å². The Bertz CT molecular complexity index is 542. The molecule has 0 aromatic heterocycles. The molecule has 132 valence electrons. The van der Waals surface area contributed by atoms with Crippen LogP contribution in [0.15, 0.2) is 24.3 Å². The second-order valence-electron chi connectivity index (χ2n) is 6.04. The molecule has 0 saturated carbocycles. The lowest BCUT2D eigenvalue weighted by atomic mass is 9.97. The number of likely N-dealkylation sites (tertiary alicyclic amines) is 1. The number of halogens is 1. The van der Waals surface area contributed by atoms with Crippen molar-refractivity contribution in [2.75, 3.05) is 33.2 Å². The zero-order valence-electron chi connectivity index (χ0n) is 14.0. The fourth-order valence-corrected chi connectivity index (χ4v) is 2.92. The van der Waals surface area contributed by atoms with Gasteiger partial charge in [-0.05, 0) is 50.0 Å². The molecule has 1 aromatic rings. The highest BCUT2D eigenvalue weighted by Gasteiger charge is 2.22. The van der Waals surface area contributed by atoms with E-state index in [0.29, 0.717) is 17.5 Å². The van der Waals surface area contributed by atoms with E-state index in [2.05, 4.69) is 16.0 Å². The summed E-state index contributed by atoms with van der Waals surface area (Å²) in [6.45, 7) is 2.95. The van der Waals surface area contributed by atoms with Gasteiger partial charge in [0.05, 0.1) is 6.54 Å². The lowest BCUT2D eigenvalue weighted by molar-refractivity contribution is -0.131. The Morgan fingerprint density at radius 3 is 2.46 bits per heavy atom. The van der Waals surface area contributed by atoms with E-state index in [-0.39, 0.29) is 18.5 Å². The van der Waals surface area contributed by atoms with Crippen LogP contribution < -0.4 is 16.0 Å². The molecule has 0 unspecified atom stereocenters. The van der Waals surface area contributed by atoms with Crippen LogP contribution in [0.25, 0.3) is 0 Å². The third-order valence-corrected chi connectivity index (χ3v) is 4.48. The number of nitrogens with one attached hydrogen (secondary N) is 3. The molecule has 2 rings (SSSR count). The molecule has 0 atom stereocenters. The molecule has 1 saturated heterocycles. The molecule has 24 heavy (non-hydrogen) atoms. The largest absolute Gasteiger partial charge is 0.341 e. The van der Waals surface area contributed by atoms with Gasteiger partial charge in [-0.1, -0.05) is 23.7 Å². The van der Waals surface area contributed by atoms with Crippen LogP contribution in [-0.2, 0) is 11.3 Å². The van der Waals surface area contributed by atoms with Crippen molar-refractivity contribution in [1.82, 2.24) is 20.9 Å².